The van der Waals surface area contributed by atoms with Gasteiger partial charge in [0.05, 0.1) is 5.56 Å². The zero-order valence-electron chi connectivity index (χ0n) is 12.4. The van der Waals surface area contributed by atoms with Crippen molar-refractivity contribution in [3.8, 4) is 23.3 Å². The zero-order valence-corrected chi connectivity index (χ0v) is 12.4. The molecule has 0 aliphatic heterocycles. The summed E-state index contributed by atoms with van der Waals surface area (Å²) >= 11 is 0. The molecule has 0 radical (unpaired) electrons. The molecular formula is C21H14O2. The van der Waals surface area contributed by atoms with Gasteiger partial charge >= 0.3 is 0 Å². The number of carbonyl (C=O) groups is 1. The molecule has 23 heavy (non-hydrogen) atoms. The number of ether oxygens (including phenoxy) is 1. The van der Waals surface area contributed by atoms with Crippen LogP contribution in [-0.2, 0) is 0 Å². The summed E-state index contributed by atoms with van der Waals surface area (Å²) in [6.45, 7) is 0. The van der Waals surface area contributed by atoms with E-state index in [0.717, 1.165) is 17.4 Å². The molecule has 3 aromatic carbocycles. The smallest absolute Gasteiger partial charge is 0.153 e. The van der Waals surface area contributed by atoms with E-state index in [2.05, 4.69) is 11.8 Å². The van der Waals surface area contributed by atoms with Crippen LogP contribution in [0, 0.1) is 11.8 Å². The summed E-state index contributed by atoms with van der Waals surface area (Å²) in [6.07, 6.45) is 0.787. The lowest BCUT2D eigenvalue weighted by Gasteiger charge is -2.07. The molecular weight excluding hydrogens is 284 g/mol. The number of para-hydroxylation sites is 1. The molecule has 0 aromatic heterocycles. The number of hydrogen-bond acceptors (Lipinski definition) is 2. The van der Waals surface area contributed by atoms with Crippen LogP contribution in [-0.4, -0.2) is 6.29 Å². The molecule has 2 nitrogen and oxygen atoms in total. The second-order valence-corrected chi connectivity index (χ2v) is 4.90. The number of hydrogen-bond donors (Lipinski definition) is 0. The molecule has 3 rings (SSSR count). The average Bonchev–Trinajstić information content (AvgIpc) is 2.62. The fraction of sp³-hybridized carbons (Fsp3) is 0. The van der Waals surface area contributed by atoms with Gasteiger partial charge in [-0.1, -0.05) is 42.2 Å². The van der Waals surface area contributed by atoms with Gasteiger partial charge in [-0.05, 0) is 48.5 Å². The Labute approximate surface area is 135 Å². The Balaban J connectivity index is 1.75. The van der Waals surface area contributed by atoms with Crippen molar-refractivity contribution in [2.24, 2.45) is 0 Å². The fourth-order valence-electron chi connectivity index (χ4n) is 2.07. The summed E-state index contributed by atoms with van der Waals surface area (Å²) in [5.74, 6) is 7.44. The van der Waals surface area contributed by atoms with Crippen LogP contribution in [0.15, 0.2) is 78.9 Å². The zero-order chi connectivity index (χ0) is 15.9. The second kappa shape index (κ2) is 7.11. The highest BCUT2D eigenvalue weighted by atomic mass is 16.5. The minimum atomic E-state index is 0.528. The number of carbonyl (C=O) groups excluding carboxylic acids is 1. The lowest BCUT2D eigenvalue weighted by Crippen LogP contribution is -1.89. The van der Waals surface area contributed by atoms with Crippen molar-refractivity contribution < 1.29 is 9.53 Å². The molecule has 0 saturated heterocycles. The molecule has 0 atom stereocenters. The SMILES string of the molecule is O=Cc1ccccc1Oc1ccc(C#Cc2ccccc2)cc1. The first-order valence-electron chi connectivity index (χ1n) is 7.24. The van der Waals surface area contributed by atoms with E-state index in [1.807, 2.05) is 60.7 Å². The van der Waals surface area contributed by atoms with Gasteiger partial charge in [-0.25, -0.2) is 0 Å². The summed E-state index contributed by atoms with van der Waals surface area (Å²) in [7, 11) is 0. The van der Waals surface area contributed by atoms with Crippen molar-refractivity contribution in [2.45, 2.75) is 0 Å². The van der Waals surface area contributed by atoms with Gasteiger partial charge in [0, 0.05) is 11.1 Å². The Morgan fingerprint density at radius 2 is 1.30 bits per heavy atom. The molecule has 0 bridgehead atoms. The molecule has 0 saturated carbocycles. The van der Waals surface area contributed by atoms with Gasteiger partial charge in [0.25, 0.3) is 0 Å². The third-order valence-electron chi connectivity index (χ3n) is 3.25. The maximum absolute atomic E-state index is 11.0. The fourth-order valence-corrected chi connectivity index (χ4v) is 2.07. The maximum Gasteiger partial charge on any atom is 0.153 e. The highest BCUT2D eigenvalue weighted by molar-refractivity contribution is 5.79. The first-order valence-corrected chi connectivity index (χ1v) is 7.24. The van der Waals surface area contributed by atoms with E-state index in [1.54, 1.807) is 18.2 Å². The highest BCUT2D eigenvalue weighted by Gasteiger charge is 2.02. The van der Waals surface area contributed by atoms with Crippen molar-refractivity contribution >= 4 is 6.29 Å². The number of benzene rings is 3. The quantitative estimate of drug-likeness (QED) is 0.518. The van der Waals surface area contributed by atoms with Crippen molar-refractivity contribution in [1.82, 2.24) is 0 Å². The summed E-state index contributed by atoms with van der Waals surface area (Å²) in [5, 5.41) is 0. The summed E-state index contributed by atoms with van der Waals surface area (Å²) in [4.78, 5) is 11.0. The van der Waals surface area contributed by atoms with Crippen LogP contribution in [0.2, 0.25) is 0 Å². The van der Waals surface area contributed by atoms with E-state index < -0.39 is 0 Å². The van der Waals surface area contributed by atoms with Crippen LogP contribution in [0.25, 0.3) is 0 Å². The van der Waals surface area contributed by atoms with E-state index in [1.165, 1.54) is 0 Å². The third-order valence-corrected chi connectivity index (χ3v) is 3.25. The van der Waals surface area contributed by atoms with Crippen LogP contribution in [0.1, 0.15) is 21.5 Å². The standard InChI is InChI=1S/C21H14O2/c22-16-19-8-4-5-9-21(19)23-20-14-12-18(13-15-20)11-10-17-6-2-1-3-7-17/h1-9,12-16H. The van der Waals surface area contributed by atoms with E-state index in [0.29, 0.717) is 17.1 Å². The van der Waals surface area contributed by atoms with Crippen molar-refractivity contribution in [1.29, 1.82) is 0 Å². The molecule has 0 fully saturated rings. The first kappa shape index (κ1) is 14.6. The Kier molecular flexibility index (Phi) is 4.52. The predicted octanol–water partition coefficient (Wildman–Crippen LogP) is 4.69. The van der Waals surface area contributed by atoms with E-state index in [9.17, 15) is 4.79 Å². The molecule has 0 unspecified atom stereocenters. The lowest BCUT2D eigenvalue weighted by molar-refractivity contribution is 0.112. The normalized spacial score (nSPS) is 9.57. The van der Waals surface area contributed by atoms with Gasteiger partial charge in [0.2, 0.25) is 0 Å². The molecule has 2 heteroatoms. The molecule has 0 aliphatic rings. The Hall–Kier alpha value is -3.31. The topological polar surface area (TPSA) is 26.3 Å². The second-order valence-electron chi connectivity index (χ2n) is 4.90. The van der Waals surface area contributed by atoms with Crippen LogP contribution >= 0.6 is 0 Å². The van der Waals surface area contributed by atoms with E-state index >= 15 is 0 Å². The van der Waals surface area contributed by atoms with Crippen molar-refractivity contribution in [2.75, 3.05) is 0 Å². The van der Waals surface area contributed by atoms with Crippen LogP contribution in [0.5, 0.6) is 11.5 Å². The van der Waals surface area contributed by atoms with E-state index in [-0.39, 0.29) is 0 Å². The summed E-state index contributed by atoms with van der Waals surface area (Å²) < 4.78 is 5.74. The Morgan fingerprint density at radius 1 is 0.696 bits per heavy atom. The number of aldehydes is 1. The molecule has 3 aromatic rings. The Bertz CT molecular complexity index is 854. The van der Waals surface area contributed by atoms with Gasteiger partial charge < -0.3 is 4.74 Å². The first-order chi connectivity index (χ1) is 11.3. The Morgan fingerprint density at radius 3 is 2.00 bits per heavy atom. The molecule has 0 heterocycles. The van der Waals surface area contributed by atoms with Crippen molar-refractivity contribution in [3.63, 3.8) is 0 Å². The highest BCUT2D eigenvalue weighted by Crippen LogP contribution is 2.24. The molecule has 110 valence electrons. The van der Waals surface area contributed by atoms with Crippen LogP contribution in [0.4, 0.5) is 0 Å². The van der Waals surface area contributed by atoms with E-state index in [4.69, 9.17) is 4.74 Å². The number of rotatable bonds is 3. The minimum absolute atomic E-state index is 0.528. The lowest BCUT2D eigenvalue weighted by atomic mass is 10.2. The third kappa shape index (κ3) is 3.87. The van der Waals surface area contributed by atoms with Gasteiger partial charge in [0.15, 0.2) is 6.29 Å². The van der Waals surface area contributed by atoms with Crippen LogP contribution < -0.4 is 4.74 Å². The largest absolute Gasteiger partial charge is 0.457 e. The van der Waals surface area contributed by atoms with Gasteiger partial charge in [-0.15, -0.1) is 0 Å². The van der Waals surface area contributed by atoms with Gasteiger partial charge in [0.1, 0.15) is 11.5 Å². The van der Waals surface area contributed by atoms with Gasteiger partial charge in [-0.2, -0.15) is 0 Å². The van der Waals surface area contributed by atoms with Crippen molar-refractivity contribution in [3.05, 3.63) is 95.6 Å². The molecule has 0 spiro atoms. The summed E-state index contributed by atoms with van der Waals surface area (Å²) in [5.41, 5.74) is 2.41. The summed E-state index contributed by atoms with van der Waals surface area (Å²) in [6, 6.07) is 24.5. The van der Waals surface area contributed by atoms with Crippen LogP contribution in [0.3, 0.4) is 0 Å². The van der Waals surface area contributed by atoms with Gasteiger partial charge in [-0.3, -0.25) is 4.79 Å². The monoisotopic (exact) mass is 298 g/mol. The average molecular weight is 298 g/mol. The predicted molar refractivity (Wildman–Crippen MR) is 90.8 cm³/mol. The molecule has 0 amide bonds. The molecule has 0 N–H and O–H groups in total. The maximum atomic E-state index is 11.0. The minimum Gasteiger partial charge on any atom is -0.457 e. The molecule has 0 aliphatic carbocycles.